The molecule has 1 N–H and O–H groups in total. The Kier molecular flexibility index (Phi) is 5.84. The van der Waals surface area contributed by atoms with E-state index in [1.165, 1.54) is 6.42 Å². The highest BCUT2D eigenvalue weighted by Gasteiger charge is 2.38. The van der Waals surface area contributed by atoms with E-state index < -0.39 is 0 Å². The van der Waals surface area contributed by atoms with Gasteiger partial charge in [0.2, 0.25) is 0 Å². The van der Waals surface area contributed by atoms with Gasteiger partial charge in [0.05, 0.1) is 13.2 Å². The van der Waals surface area contributed by atoms with Gasteiger partial charge in [0.1, 0.15) is 0 Å². The molecule has 1 aliphatic rings. The third kappa shape index (κ3) is 6.42. The lowest BCUT2D eigenvalue weighted by atomic mass is 9.63. The zero-order valence-corrected chi connectivity index (χ0v) is 13.3. The van der Waals surface area contributed by atoms with Crippen LogP contribution in [0.25, 0.3) is 0 Å². The van der Waals surface area contributed by atoms with Crippen LogP contribution in [0.15, 0.2) is 0 Å². The van der Waals surface area contributed by atoms with Crippen LogP contribution in [0.1, 0.15) is 66.7 Å². The van der Waals surface area contributed by atoms with E-state index in [-0.39, 0.29) is 5.97 Å². The number of unbranched alkanes of at least 4 members (excludes halogenated alkanes) is 1. The average Bonchev–Trinajstić information content (AvgIpc) is 2.22. The zero-order valence-electron chi connectivity index (χ0n) is 13.3. The average molecular weight is 269 g/mol. The first kappa shape index (κ1) is 16.5. The standard InChI is InChI=1S/C16H31NO2/c1-6-7-8-19-14(18)11-17-13-9-15(2,3)12-16(4,5)10-13/h13,17H,6-12H2,1-5H3. The molecule has 19 heavy (non-hydrogen) atoms. The number of hydrogen-bond donors (Lipinski definition) is 1. The van der Waals surface area contributed by atoms with Crippen molar-refractivity contribution in [3.63, 3.8) is 0 Å². The Bertz CT molecular complexity index is 281. The maximum absolute atomic E-state index is 11.6. The van der Waals surface area contributed by atoms with Gasteiger partial charge in [-0.15, -0.1) is 0 Å². The van der Waals surface area contributed by atoms with Gasteiger partial charge in [-0.2, -0.15) is 0 Å². The van der Waals surface area contributed by atoms with Crippen LogP contribution in [0.2, 0.25) is 0 Å². The molecule has 0 unspecified atom stereocenters. The Labute approximate surface area is 118 Å². The summed E-state index contributed by atoms with van der Waals surface area (Å²) < 4.78 is 5.18. The van der Waals surface area contributed by atoms with E-state index in [1.54, 1.807) is 0 Å². The summed E-state index contributed by atoms with van der Waals surface area (Å²) in [5.41, 5.74) is 0.705. The van der Waals surface area contributed by atoms with Crippen molar-refractivity contribution in [3.8, 4) is 0 Å². The van der Waals surface area contributed by atoms with Crippen LogP contribution in [0.3, 0.4) is 0 Å². The van der Waals surface area contributed by atoms with Crippen molar-refractivity contribution in [2.75, 3.05) is 13.2 Å². The molecule has 0 spiro atoms. The van der Waals surface area contributed by atoms with Crippen LogP contribution in [0, 0.1) is 10.8 Å². The minimum Gasteiger partial charge on any atom is -0.465 e. The van der Waals surface area contributed by atoms with Crippen molar-refractivity contribution >= 4 is 5.97 Å². The quantitative estimate of drug-likeness (QED) is 0.592. The van der Waals surface area contributed by atoms with Gasteiger partial charge in [-0.05, 0) is 36.5 Å². The molecule has 0 amide bonds. The molecule has 1 aliphatic carbocycles. The van der Waals surface area contributed by atoms with Crippen LogP contribution >= 0.6 is 0 Å². The van der Waals surface area contributed by atoms with Crippen molar-refractivity contribution in [1.82, 2.24) is 5.32 Å². The largest absolute Gasteiger partial charge is 0.465 e. The second-order valence-electron chi connectivity index (χ2n) is 7.57. The van der Waals surface area contributed by atoms with Crippen LogP contribution in [0.4, 0.5) is 0 Å². The van der Waals surface area contributed by atoms with Gasteiger partial charge in [0.15, 0.2) is 0 Å². The van der Waals surface area contributed by atoms with Gasteiger partial charge < -0.3 is 10.1 Å². The van der Waals surface area contributed by atoms with Gasteiger partial charge >= 0.3 is 5.97 Å². The molecule has 112 valence electrons. The molecule has 0 radical (unpaired) electrons. The Morgan fingerprint density at radius 1 is 1.21 bits per heavy atom. The lowest BCUT2D eigenvalue weighted by Gasteiger charge is -2.45. The Hall–Kier alpha value is -0.570. The summed E-state index contributed by atoms with van der Waals surface area (Å²) in [5.74, 6) is -0.116. The highest BCUT2D eigenvalue weighted by molar-refractivity contribution is 5.71. The molecule has 0 aliphatic heterocycles. The molecule has 0 aromatic carbocycles. The molecule has 0 heterocycles. The minimum atomic E-state index is -0.116. The summed E-state index contributed by atoms with van der Waals surface area (Å²) in [6.07, 6.45) is 5.54. The van der Waals surface area contributed by atoms with Crippen LogP contribution < -0.4 is 5.32 Å². The lowest BCUT2D eigenvalue weighted by Crippen LogP contribution is -2.45. The fourth-order valence-corrected chi connectivity index (χ4v) is 3.60. The maximum Gasteiger partial charge on any atom is 0.319 e. The van der Waals surface area contributed by atoms with Crippen molar-refractivity contribution in [3.05, 3.63) is 0 Å². The molecule has 0 atom stereocenters. The first-order valence-electron chi connectivity index (χ1n) is 7.63. The predicted molar refractivity (Wildman–Crippen MR) is 79.1 cm³/mol. The summed E-state index contributed by atoms with van der Waals surface area (Å²) >= 11 is 0. The van der Waals surface area contributed by atoms with Gasteiger partial charge in [-0.3, -0.25) is 4.79 Å². The number of hydrogen-bond acceptors (Lipinski definition) is 3. The Balaban J connectivity index is 2.34. The highest BCUT2D eigenvalue weighted by atomic mass is 16.5. The van der Waals surface area contributed by atoms with E-state index in [0.29, 0.717) is 30.0 Å². The SMILES string of the molecule is CCCCOC(=O)CNC1CC(C)(C)CC(C)(C)C1. The van der Waals surface area contributed by atoms with Gasteiger partial charge in [-0.25, -0.2) is 0 Å². The monoisotopic (exact) mass is 269 g/mol. The summed E-state index contributed by atoms with van der Waals surface area (Å²) in [5, 5.41) is 3.38. The number of nitrogens with one attached hydrogen (secondary N) is 1. The van der Waals surface area contributed by atoms with Crippen molar-refractivity contribution in [2.24, 2.45) is 10.8 Å². The fraction of sp³-hybridized carbons (Fsp3) is 0.938. The molecule has 0 saturated heterocycles. The van der Waals surface area contributed by atoms with Gasteiger partial charge in [0.25, 0.3) is 0 Å². The smallest absolute Gasteiger partial charge is 0.319 e. The molecule has 3 nitrogen and oxygen atoms in total. The van der Waals surface area contributed by atoms with Crippen molar-refractivity contribution in [2.45, 2.75) is 72.8 Å². The van der Waals surface area contributed by atoms with E-state index in [1.807, 2.05) is 0 Å². The maximum atomic E-state index is 11.6. The third-order valence-electron chi connectivity index (χ3n) is 3.85. The molecule has 0 aromatic rings. The molecule has 0 bridgehead atoms. The van der Waals surface area contributed by atoms with Crippen molar-refractivity contribution < 1.29 is 9.53 Å². The number of carbonyl (C=O) groups excluding carboxylic acids is 1. The molecule has 1 fully saturated rings. The predicted octanol–water partition coefficient (Wildman–Crippen LogP) is 3.52. The van der Waals surface area contributed by atoms with Gasteiger partial charge in [-0.1, -0.05) is 41.0 Å². The molecule has 1 saturated carbocycles. The second-order valence-corrected chi connectivity index (χ2v) is 7.57. The van der Waals surface area contributed by atoms with Crippen LogP contribution in [-0.2, 0) is 9.53 Å². The van der Waals surface area contributed by atoms with E-state index in [4.69, 9.17) is 4.74 Å². The number of carbonyl (C=O) groups is 1. The minimum absolute atomic E-state index is 0.116. The molecular weight excluding hydrogens is 238 g/mol. The third-order valence-corrected chi connectivity index (χ3v) is 3.85. The van der Waals surface area contributed by atoms with E-state index in [0.717, 1.165) is 25.7 Å². The molecule has 3 heteroatoms. The summed E-state index contributed by atoms with van der Waals surface area (Å²) in [4.78, 5) is 11.6. The lowest BCUT2D eigenvalue weighted by molar-refractivity contribution is -0.143. The Morgan fingerprint density at radius 2 is 1.79 bits per heavy atom. The number of ether oxygens (including phenoxy) is 1. The molecule has 1 rings (SSSR count). The molecular formula is C16H31NO2. The van der Waals surface area contributed by atoms with Crippen LogP contribution in [-0.4, -0.2) is 25.2 Å². The first-order chi connectivity index (χ1) is 8.74. The van der Waals surface area contributed by atoms with E-state index >= 15 is 0 Å². The normalized spacial score (nSPS) is 22.2. The fourth-order valence-electron chi connectivity index (χ4n) is 3.60. The van der Waals surface area contributed by atoms with Gasteiger partial charge in [0, 0.05) is 6.04 Å². The van der Waals surface area contributed by atoms with Crippen molar-refractivity contribution in [1.29, 1.82) is 0 Å². The summed E-state index contributed by atoms with van der Waals surface area (Å²) in [6.45, 7) is 12.3. The van der Waals surface area contributed by atoms with E-state index in [9.17, 15) is 4.79 Å². The Morgan fingerprint density at radius 3 is 2.32 bits per heavy atom. The first-order valence-corrected chi connectivity index (χ1v) is 7.63. The van der Waals surface area contributed by atoms with Crippen LogP contribution in [0.5, 0.6) is 0 Å². The zero-order chi connectivity index (χ0) is 14.5. The molecule has 0 aromatic heterocycles. The summed E-state index contributed by atoms with van der Waals surface area (Å²) in [7, 11) is 0. The topological polar surface area (TPSA) is 38.3 Å². The highest BCUT2D eigenvalue weighted by Crippen LogP contribution is 2.45. The second kappa shape index (κ2) is 6.74. The number of rotatable bonds is 6. The summed E-state index contributed by atoms with van der Waals surface area (Å²) in [6, 6.07) is 0.428. The van der Waals surface area contributed by atoms with E-state index in [2.05, 4.69) is 39.9 Å². The number of esters is 1.